The highest BCUT2D eigenvalue weighted by molar-refractivity contribution is 5.47. The Morgan fingerprint density at radius 2 is 2.26 bits per heavy atom. The molecule has 2 rings (SSSR count). The average Bonchev–Trinajstić information content (AvgIpc) is 2.79. The average molecular weight is 263 g/mol. The number of nitrogens with one attached hydrogen (secondary N) is 1. The molecule has 0 aromatic heterocycles. The third-order valence-electron chi connectivity index (χ3n) is 3.81. The number of nitrogen functional groups attached to an aromatic ring is 1. The van der Waals surface area contributed by atoms with Crippen molar-refractivity contribution >= 4 is 5.69 Å². The van der Waals surface area contributed by atoms with Crippen LogP contribution in [-0.2, 0) is 11.2 Å². The standard InChI is InChI=1S/C15H25N3O/c1-18(9-10-19-2)8-7-17-15-6-3-12-11-13(16)4-5-14(12)15/h4-5,11,15,17H,3,6-10,16H2,1-2H3. The Bertz CT molecular complexity index is 408. The first-order valence-corrected chi connectivity index (χ1v) is 7.00. The molecule has 0 heterocycles. The number of nitrogens with zero attached hydrogens (tertiary/aromatic N) is 1. The molecule has 1 aliphatic rings. The van der Waals surface area contributed by atoms with E-state index in [9.17, 15) is 0 Å². The fourth-order valence-electron chi connectivity index (χ4n) is 2.64. The molecular weight excluding hydrogens is 238 g/mol. The molecule has 1 unspecified atom stereocenters. The summed E-state index contributed by atoms with van der Waals surface area (Å²) in [5.74, 6) is 0. The molecule has 1 atom stereocenters. The topological polar surface area (TPSA) is 50.5 Å². The molecule has 106 valence electrons. The van der Waals surface area contributed by atoms with E-state index >= 15 is 0 Å². The number of fused-ring (bicyclic) bond motifs is 1. The van der Waals surface area contributed by atoms with Gasteiger partial charge in [-0.25, -0.2) is 0 Å². The van der Waals surface area contributed by atoms with E-state index in [2.05, 4.69) is 29.4 Å². The van der Waals surface area contributed by atoms with Gasteiger partial charge in [-0.05, 0) is 43.1 Å². The van der Waals surface area contributed by atoms with Crippen LogP contribution < -0.4 is 11.1 Å². The molecule has 0 saturated carbocycles. The number of hydrogen-bond acceptors (Lipinski definition) is 4. The van der Waals surface area contributed by atoms with Crippen molar-refractivity contribution in [1.29, 1.82) is 0 Å². The molecule has 1 aromatic carbocycles. The van der Waals surface area contributed by atoms with Crippen molar-refractivity contribution in [2.45, 2.75) is 18.9 Å². The molecule has 0 amide bonds. The summed E-state index contributed by atoms with van der Waals surface area (Å²) in [6, 6.07) is 6.78. The highest BCUT2D eigenvalue weighted by Gasteiger charge is 2.21. The van der Waals surface area contributed by atoms with E-state index in [1.807, 2.05) is 6.07 Å². The summed E-state index contributed by atoms with van der Waals surface area (Å²) in [6.45, 7) is 3.83. The molecule has 1 aromatic rings. The van der Waals surface area contributed by atoms with Crippen molar-refractivity contribution < 1.29 is 4.74 Å². The van der Waals surface area contributed by atoms with E-state index in [4.69, 9.17) is 10.5 Å². The molecule has 4 nitrogen and oxygen atoms in total. The first kappa shape index (κ1) is 14.3. The number of anilines is 1. The van der Waals surface area contributed by atoms with Crippen molar-refractivity contribution in [1.82, 2.24) is 10.2 Å². The number of benzene rings is 1. The molecule has 0 aliphatic heterocycles. The van der Waals surface area contributed by atoms with Crippen LogP contribution in [0.15, 0.2) is 18.2 Å². The fourth-order valence-corrected chi connectivity index (χ4v) is 2.64. The summed E-state index contributed by atoms with van der Waals surface area (Å²) in [5.41, 5.74) is 9.53. The maximum Gasteiger partial charge on any atom is 0.0589 e. The number of methoxy groups -OCH3 is 1. The molecule has 0 bridgehead atoms. The van der Waals surface area contributed by atoms with Gasteiger partial charge >= 0.3 is 0 Å². The number of likely N-dealkylation sites (N-methyl/N-ethyl adjacent to an activating group) is 1. The van der Waals surface area contributed by atoms with Gasteiger partial charge in [0, 0.05) is 38.5 Å². The highest BCUT2D eigenvalue weighted by atomic mass is 16.5. The Balaban J connectivity index is 1.77. The largest absolute Gasteiger partial charge is 0.399 e. The SMILES string of the molecule is COCCN(C)CCNC1CCc2cc(N)ccc21. The Morgan fingerprint density at radius 1 is 1.42 bits per heavy atom. The molecule has 19 heavy (non-hydrogen) atoms. The van der Waals surface area contributed by atoms with Crippen LogP contribution in [0.25, 0.3) is 0 Å². The summed E-state index contributed by atoms with van der Waals surface area (Å²) >= 11 is 0. The monoisotopic (exact) mass is 263 g/mol. The van der Waals surface area contributed by atoms with Gasteiger partial charge in [-0.1, -0.05) is 6.07 Å². The van der Waals surface area contributed by atoms with Crippen LogP contribution in [0.5, 0.6) is 0 Å². The fraction of sp³-hybridized carbons (Fsp3) is 0.600. The molecule has 0 radical (unpaired) electrons. The van der Waals surface area contributed by atoms with Gasteiger partial charge in [0.1, 0.15) is 0 Å². The lowest BCUT2D eigenvalue weighted by Crippen LogP contribution is -2.32. The van der Waals surface area contributed by atoms with Crippen LogP contribution >= 0.6 is 0 Å². The quantitative estimate of drug-likeness (QED) is 0.731. The lowest BCUT2D eigenvalue weighted by Gasteiger charge is -2.19. The van der Waals surface area contributed by atoms with E-state index in [1.54, 1.807) is 7.11 Å². The van der Waals surface area contributed by atoms with Crippen LogP contribution in [0.2, 0.25) is 0 Å². The molecule has 3 N–H and O–H groups in total. The van der Waals surface area contributed by atoms with E-state index in [-0.39, 0.29) is 0 Å². The number of ether oxygens (including phenoxy) is 1. The second-order valence-corrected chi connectivity index (χ2v) is 5.30. The zero-order chi connectivity index (χ0) is 13.7. The zero-order valence-corrected chi connectivity index (χ0v) is 12.0. The lowest BCUT2D eigenvalue weighted by molar-refractivity contribution is 0.161. The van der Waals surface area contributed by atoms with E-state index in [0.717, 1.165) is 38.3 Å². The van der Waals surface area contributed by atoms with Crippen molar-refractivity contribution in [3.05, 3.63) is 29.3 Å². The summed E-state index contributed by atoms with van der Waals surface area (Å²) < 4.78 is 5.08. The van der Waals surface area contributed by atoms with Crippen LogP contribution in [0.1, 0.15) is 23.6 Å². The van der Waals surface area contributed by atoms with Crippen LogP contribution in [-0.4, -0.2) is 45.3 Å². The maximum absolute atomic E-state index is 5.82. The van der Waals surface area contributed by atoms with E-state index < -0.39 is 0 Å². The van der Waals surface area contributed by atoms with Crippen LogP contribution in [0.3, 0.4) is 0 Å². The van der Waals surface area contributed by atoms with Gasteiger partial charge in [-0.3, -0.25) is 0 Å². The van der Waals surface area contributed by atoms with E-state index in [0.29, 0.717) is 6.04 Å². The Labute approximate surface area is 115 Å². The van der Waals surface area contributed by atoms with E-state index in [1.165, 1.54) is 17.5 Å². The van der Waals surface area contributed by atoms with Gasteiger partial charge < -0.3 is 20.7 Å². The summed E-state index contributed by atoms with van der Waals surface area (Å²) in [5, 5.41) is 3.64. The first-order valence-electron chi connectivity index (χ1n) is 7.00. The number of hydrogen-bond donors (Lipinski definition) is 2. The third-order valence-corrected chi connectivity index (χ3v) is 3.81. The predicted molar refractivity (Wildman–Crippen MR) is 79.3 cm³/mol. The molecule has 0 fully saturated rings. The smallest absolute Gasteiger partial charge is 0.0589 e. The third kappa shape index (κ3) is 3.93. The first-order chi connectivity index (χ1) is 9.20. The van der Waals surface area contributed by atoms with Gasteiger partial charge in [0.05, 0.1) is 6.61 Å². The minimum Gasteiger partial charge on any atom is -0.399 e. The summed E-state index contributed by atoms with van der Waals surface area (Å²) in [4.78, 5) is 2.29. The Morgan fingerprint density at radius 3 is 3.05 bits per heavy atom. The van der Waals surface area contributed by atoms with Gasteiger partial charge in [0.25, 0.3) is 0 Å². The van der Waals surface area contributed by atoms with Gasteiger partial charge in [-0.15, -0.1) is 0 Å². The molecule has 0 spiro atoms. The van der Waals surface area contributed by atoms with Gasteiger partial charge in [-0.2, -0.15) is 0 Å². The second-order valence-electron chi connectivity index (χ2n) is 5.30. The normalized spacial score (nSPS) is 17.9. The maximum atomic E-state index is 5.82. The van der Waals surface area contributed by atoms with Crippen molar-refractivity contribution in [3.8, 4) is 0 Å². The van der Waals surface area contributed by atoms with Crippen molar-refractivity contribution in [2.75, 3.05) is 46.1 Å². The van der Waals surface area contributed by atoms with Crippen LogP contribution in [0, 0.1) is 0 Å². The second kappa shape index (κ2) is 6.89. The van der Waals surface area contributed by atoms with Crippen molar-refractivity contribution in [2.24, 2.45) is 0 Å². The van der Waals surface area contributed by atoms with Gasteiger partial charge in [0.2, 0.25) is 0 Å². The summed E-state index contributed by atoms with van der Waals surface area (Å²) in [7, 11) is 3.87. The Kier molecular flexibility index (Phi) is 5.19. The minimum atomic E-state index is 0.492. The number of nitrogens with two attached hydrogens (primary N) is 1. The zero-order valence-electron chi connectivity index (χ0n) is 12.0. The molecule has 4 heteroatoms. The van der Waals surface area contributed by atoms with Crippen molar-refractivity contribution in [3.63, 3.8) is 0 Å². The molecule has 0 saturated heterocycles. The summed E-state index contributed by atoms with van der Waals surface area (Å²) in [6.07, 6.45) is 2.32. The minimum absolute atomic E-state index is 0.492. The number of rotatable bonds is 7. The number of aryl methyl sites for hydroxylation is 1. The van der Waals surface area contributed by atoms with Crippen LogP contribution in [0.4, 0.5) is 5.69 Å². The predicted octanol–water partition coefficient (Wildman–Crippen LogP) is 1.42. The molecule has 1 aliphatic carbocycles. The lowest BCUT2D eigenvalue weighted by atomic mass is 10.1. The Hall–Kier alpha value is -1.10. The van der Waals surface area contributed by atoms with Gasteiger partial charge in [0.15, 0.2) is 0 Å². The highest BCUT2D eigenvalue weighted by Crippen LogP contribution is 2.32. The molecular formula is C15H25N3O.